The Bertz CT molecular complexity index is 271. The van der Waals surface area contributed by atoms with Gasteiger partial charge in [0.25, 0.3) is 0 Å². The van der Waals surface area contributed by atoms with Crippen molar-refractivity contribution in [3.8, 4) is 0 Å². The number of thiol groups is 1. The van der Waals surface area contributed by atoms with Crippen LogP contribution in [0.15, 0.2) is 0 Å². The Kier molecular flexibility index (Phi) is 4.22. The van der Waals surface area contributed by atoms with Crippen molar-refractivity contribution in [2.75, 3.05) is 26.4 Å². The maximum Gasteiger partial charge on any atom is 0.160 e. The van der Waals surface area contributed by atoms with E-state index in [2.05, 4.69) is 4.72 Å². The van der Waals surface area contributed by atoms with Gasteiger partial charge in [-0.1, -0.05) is 3.29 Å². The van der Waals surface area contributed by atoms with Crippen molar-refractivity contribution in [1.29, 1.82) is 0 Å². The summed E-state index contributed by atoms with van der Waals surface area (Å²) in [4.78, 5) is 0. The van der Waals surface area contributed by atoms with Crippen molar-refractivity contribution >= 4 is 21.7 Å². The van der Waals surface area contributed by atoms with E-state index in [1.54, 1.807) is 7.05 Å². The summed E-state index contributed by atoms with van der Waals surface area (Å²) >= 11 is -1.07. The molecule has 0 aromatic rings. The average molecular weight is 255 g/mol. The molecule has 0 saturated heterocycles. The minimum Gasteiger partial charge on any atom is -0.565 e. The van der Waals surface area contributed by atoms with Crippen LogP contribution in [0.3, 0.4) is 0 Å². The normalized spacial score (nSPS) is 24.6. The van der Waals surface area contributed by atoms with Crippen LogP contribution < -0.4 is 4.72 Å². The first-order valence-electron chi connectivity index (χ1n) is 5.50. The molecule has 15 heavy (non-hydrogen) atoms. The van der Waals surface area contributed by atoms with Crippen LogP contribution in [0, 0.1) is 0 Å². The predicted molar refractivity (Wildman–Crippen MR) is 67.0 cm³/mol. The highest BCUT2D eigenvalue weighted by molar-refractivity contribution is 8.04. The highest BCUT2D eigenvalue weighted by Crippen LogP contribution is 2.39. The van der Waals surface area contributed by atoms with Crippen molar-refractivity contribution in [1.82, 2.24) is 4.72 Å². The number of nitrogens with zero attached hydrogens (tertiary/aromatic N) is 1. The van der Waals surface area contributed by atoms with E-state index in [9.17, 15) is 8.76 Å². The maximum absolute atomic E-state index is 12.9. The fraction of sp³-hybridized carbons (Fsp3) is 1.00. The van der Waals surface area contributed by atoms with Crippen LogP contribution >= 0.6 is 0 Å². The van der Waals surface area contributed by atoms with Crippen LogP contribution in [0.4, 0.5) is 0 Å². The molecule has 0 aliphatic heterocycles. The lowest BCUT2D eigenvalue weighted by Crippen LogP contribution is -2.63. The molecule has 4 nitrogen and oxygen atoms in total. The third-order valence-corrected chi connectivity index (χ3v) is 9.85. The summed E-state index contributed by atoms with van der Waals surface area (Å²) in [5.74, 6) is 0.558. The van der Waals surface area contributed by atoms with Gasteiger partial charge in [-0.3, -0.25) is 0 Å². The molecule has 0 amide bonds. The minimum absolute atomic E-state index is 0.185. The van der Waals surface area contributed by atoms with Crippen LogP contribution in [0.5, 0.6) is 0 Å². The number of hydrogen-bond acceptors (Lipinski definition) is 2. The molecule has 1 aliphatic rings. The summed E-state index contributed by atoms with van der Waals surface area (Å²) in [6.07, 6.45) is 2.01. The molecular weight excluding hydrogens is 232 g/mol. The summed E-state index contributed by atoms with van der Waals surface area (Å²) in [6.45, 7) is 4.49. The van der Waals surface area contributed by atoms with Crippen molar-refractivity contribution in [3.63, 3.8) is 0 Å². The van der Waals surface area contributed by atoms with Gasteiger partial charge in [-0.2, -0.15) is 0 Å². The Hall–Kier alpha value is 0.380. The molecule has 0 aromatic carbocycles. The van der Waals surface area contributed by atoms with Gasteiger partial charge >= 0.3 is 0 Å². The van der Waals surface area contributed by atoms with Crippen molar-refractivity contribution in [2.24, 2.45) is 0 Å². The average Bonchev–Trinajstić information content (AvgIpc) is 3.09. The van der Waals surface area contributed by atoms with Crippen LogP contribution in [0.25, 0.3) is 0 Å². The molecule has 1 fully saturated rings. The van der Waals surface area contributed by atoms with E-state index in [0.717, 1.165) is 12.8 Å². The van der Waals surface area contributed by atoms with Crippen LogP contribution in [-0.2, 0) is 21.7 Å². The van der Waals surface area contributed by atoms with E-state index >= 15 is 0 Å². The molecule has 1 aliphatic carbocycles. The third-order valence-electron chi connectivity index (χ3n) is 3.26. The SMILES string of the molecule is CC[S+]([O-])[N+](C)(CC)[SH](=O)(NC)C1CC1. The first-order valence-corrected chi connectivity index (χ1v) is 8.50. The van der Waals surface area contributed by atoms with Gasteiger partial charge in [-0.05, 0) is 33.7 Å². The smallest absolute Gasteiger partial charge is 0.160 e. The van der Waals surface area contributed by atoms with Gasteiger partial charge in [0.05, 0.1) is 15.6 Å². The fourth-order valence-corrected chi connectivity index (χ4v) is 7.60. The van der Waals surface area contributed by atoms with Crippen LogP contribution in [0.2, 0.25) is 0 Å². The molecule has 2 unspecified atom stereocenters. The third kappa shape index (κ3) is 2.10. The monoisotopic (exact) mass is 255 g/mol. The first-order chi connectivity index (χ1) is 6.96. The van der Waals surface area contributed by atoms with Crippen LogP contribution in [-0.4, -0.2) is 43.7 Å². The van der Waals surface area contributed by atoms with E-state index < -0.39 is 21.7 Å². The summed E-state index contributed by atoms with van der Waals surface area (Å²) in [6, 6.07) is 0. The zero-order valence-corrected chi connectivity index (χ0v) is 11.7. The molecule has 1 N–H and O–H groups in total. The highest BCUT2D eigenvalue weighted by Gasteiger charge is 2.53. The van der Waals surface area contributed by atoms with Gasteiger partial charge in [-0.25, -0.2) is 8.93 Å². The zero-order valence-electron chi connectivity index (χ0n) is 10.0. The molecule has 0 aromatic heterocycles. The molecule has 0 heterocycles. The molecule has 92 valence electrons. The minimum atomic E-state index is -2.57. The quantitative estimate of drug-likeness (QED) is 0.409. The molecule has 1 rings (SSSR count). The predicted octanol–water partition coefficient (Wildman–Crippen LogP) is 0.365. The molecule has 0 radical (unpaired) electrons. The maximum atomic E-state index is 12.9. The Morgan fingerprint density at radius 1 is 1.53 bits per heavy atom. The van der Waals surface area contributed by atoms with E-state index in [4.69, 9.17) is 0 Å². The number of rotatable bonds is 6. The second-order valence-corrected chi connectivity index (χ2v) is 9.66. The van der Waals surface area contributed by atoms with Gasteiger partial charge < -0.3 is 4.55 Å². The Morgan fingerprint density at radius 3 is 2.33 bits per heavy atom. The largest absolute Gasteiger partial charge is 0.565 e. The van der Waals surface area contributed by atoms with E-state index in [1.807, 2.05) is 20.9 Å². The zero-order chi connectivity index (χ0) is 11.7. The van der Waals surface area contributed by atoms with Gasteiger partial charge in [0.15, 0.2) is 17.1 Å². The number of hydrogen-bond donors (Lipinski definition) is 2. The lowest BCUT2D eigenvalue weighted by Gasteiger charge is -2.42. The van der Waals surface area contributed by atoms with Crippen molar-refractivity contribution < 1.29 is 12.1 Å². The van der Waals surface area contributed by atoms with Gasteiger partial charge in [-0.15, -0.1) is 0 Å². The lowest BCUT2D eigenvalue weighted by molar-refractivity contribution is -0.645. The number of quaternary nitrogens is 1. The first kappa shape index (κ1) is 13.4. The second kappa shape index (κ2) is 4.71. The lowest BCUT2D eigenvalue weighted by atomic mass is 10.8. The molecule has 2 atom stereocenters. The Labute approximate surface area is 97.0 Å². The molecule has 0 bridgehead atoms. The standard InChI is InChI=1S/C9H23N2O2S2/c1-5-11(4,14(12)6-2)15(13,10-3)9-7-8-9/h9,15H,5-8H2,1-4H3,(H,10,13)/q+1. The van der Waals surface area contributed by atoms with Gasteiger partial charge in [0.2, 0.25) is 0 Å². The van der Waals surface area contributed by atoms with E-state index in [0.29, 0.717) is 12.3 Å². The topological polar surface area (TPSA) is 52.2 Å². The van der Waals surface area contributed by atoms with Gasteiger partial charge in [0, 0.05) is 0 Å². The van der Waals surface area contributed by atoms with Crippen LogP contribution in [0.1, 0.15) is 26.7 Å². The molecular formula is C9H23N2O2S2+. The van der Waals surface area contributed by atoms with E-state index in [-0.39, 0.29) is 8.54 Å². The summed E-state index contributed by atoms with van der Waals surface area (Å²) in [5.41, 5.74) is 0. The molecule has 6 heteroatoms. The van der Waals surface area contributed by atoms with Crippen molar-refractivity contribution in [2.45, 2.75) is 31.9 Å². The molecule has 1 saturated carbocycles. The Balaban J connectivity index is 3.01. The molecule has 0 spiro atoms. The highest BCUT2D eigenvalue weighted by atomic mass is 32.3. The summed E-state index contributed by atoms with van der Waals surface area (Å²) < 4.78 is 28.1. The second-order valence-electron chi connectivity index (χ2n) is 4.06. The van der Waals surface area contributed by atoms with Crippen molar-refractivity contribution in [3.05, 3.63) is 0 Å². The number of nitrogens with one attached hydrogen (secondary N) is 1. The fourth-order valence-electron chi connectivity index (χ4n) is 1.93. The summed E-state index contributed by atoms with van der Waals surface area (Å²) in [5, 5.41) is 0.239. The Morgan fingerprint density at radius 2 is 2.07 bits per heavy atom. The van der Waals surface area contributed by atoms with E-state index in [1.165, 1.54) is 0 Å². The van der Waals surface area contributed by atoms with Gasteiger partial charge in [0.1, 0.15) is 13.6 Å². The summed E-state index contributed by atoms with van der Waals surface area (Å²) in [7, 11) is 1.02.